The van der Waals surface area contributed by atoms with Crippen molar-refractivity contribution in [3.63, 3.8) is 0 Å². The van der Waals surface area contributed by atoms with Gasteiger partial charge in [-0.2, -0.15) is 0 Å². The molecule has 8 heteroatoms. The Labute approximate surface area is 157 Å². The maximum absolute atomic E-state index is 12.3. The molecular formula is C19H13N3O4S. The number of fused-ring (bicyclic) bond motifs is 1. The van der Waals surface area contributed by atoms with Crippen LogP contribution in [0.15, 0.2) is 59.6 Å². The molecule has 2 N–H and O–H groups in total. The topological polar surface area (TPSA) is 105 Å². The van der Waals surface area contributed by atoms with Crippen LogP contribution in [0, 0.1) is 10.1 Å². The number of amides is 2. The monoisotopic (exact) mass is 379 g/mol. The number of imide groups is 1. The molecule has 4 rings (SSSR count). The first kappa shape index (κ1) is 17.0. The number of nitrogens with zero attached hydrogens (tertiary/aromatic N) is 1. The third-order valence-corrected chi connectivity index (χ3v) is 5.26. The van der Waals surface area contributed by atoms with Gasteiger partial charge < -0.3 is 4.98 Å². The summed E-state index contributed by atoms with van der Waals surface area (Å²) in [5.41, 5.74) is 3.29. The van der Waals surface area contributed by atoms with E-state index >= 15 is 0 Å². The van der Waals surface area contributed by atoms with Gasteiger partial charge in [0, 0.05) is 29.2 Å². The molecule has 1 aromatic heterocycles. The lowest BCUT2D eigenvalue weighted by Gasteiger charge is -2.12. The van der Waals surface area contributed by atoms with E-state index in [1.165, 1.54) is 12.1 Å². The molecule has 1 fully saturated rings. The molecule has 0 saturated carbocycles. The Kier molecular flexibility index (Phi) is 4.25. The number of aromatic nitrogens is 1. The number of carbonyl (C=O) groups is 2. The van der Waals surface area contributed by atoms with Crippen molar-refractivity contribution in [2.24, 2.45) is 0 Å². The quantitative estimate of drug-likeness (QED) is 0.405. The molecule has 1 aliphatic heterocycles. The average Bonchev–Trinajstić information content (AvgIpc) is 3.26. The van der Waals surface area contributed by atoms with E-state index in [0.29, 0.717) is 16.9 Å². The van der Waals surface area contributed by atoms with E-state index in [0.717, 1.165) is 33.8 Å². The van der Waals surface area contributed by atoms with Crippen LogP contribution in [-0.4, -0.2) is 21.1 Å². The Bertz CT molecular complexity index is 1120. The van der Waals surface area contributed by atoms with Gasteiger partial charge in [-0.1, -0.05) is 24.3 Å². The number of rotatable bonds is 4. The molecule has 7 nitrogen and oxygen atoms in total. The molecule has 3 aromatic rings. The van der Waals surface area contributed by atoms with Crippen molar-refractivity contribution in [3.05, 3.63) is 80.9 Å². The number of H-pyrrole nitrogens is 1. The molecule has 1 aliphatic rings. The van der Waals surface area contributed by atoms with Gasteiger partial charge in [0.1, 0.15) is 0 Å². The van der Waals surface area contributed by atoms with Gasteiger partial charge in [0.2, 0.25) is 0 Å². The Morgan fingerprint density at radius 1 is 1.07 bits per heavy atom. The van der Waals surface area contributed by atoms with E-state index in [9.17, 15) is 19.7 Å². The van der Waals surface area contributed by atoms with Crippen LogP contribution in [0.1, 0.15) is 11.1 Å². The molecule has 0 aliphatic carbocycles. The van der Waals surface area contributed by atoms with Gasteiger partial charge in [-0.3, -0.25) is 25.0 Å². The number of nitrogens with one attached hydrogen (secondary N) is 2. The predicted molar refractivity (Wildman–Crippen MR) is 103 cm³/mol. The maximum Gasteiger partial charge on any atom is 0.290 e. The highest BCUT2D eigenvalue weighted by atomic mass is 32.2. The Morgan fingerprint density at radius 2 is 1.85 bits per heavy atom. The van der Waals surface area contributed by atoms with Crippen LogP contribution in [0.4, 0.5) is 10.5 Å². The molecule has 27 heavy (non-hydrogen) atoms. The molecule has 2 aromatic carbocycles. The highest BCUT2D eigenvalue weighted by Crippen LogP contribution is 2.36. The first-order valence-corrected chi connectivity index (χ1v) is 8.90. The second kappa shape index (κ2) is 6.73. The van der Waals surface area contributed by atoms with E-state index in [-0.39, 0.29) is 5.69 Å². The molecule has 134 valence electrons. The number of aromatic amines is 1. The van der Waals surface area contributed by atoms with E-state index in [2.05, 4.69) is 10.3 Å². The average molecular weight is 379 g/mol. The number of carbonyl (C=O) groups excluding carboxylic acids is 2. The number of hydrogen-bond acceptors (Lipinski definition) is 5. The van der Waals surface area contributed by atoms with E-state index in [1.807, 2.05) is 30.5 Å². The molecule has 0 radical (unpaired) electrons. The summed E-state index contributed by atoms with van der Waals surface area (Å²) in [6.07, 6.45) is 2.18. The lowest BCUT2D eigenvalue weighted by atomic mass is 9.95. The zero-order valence-electron chi connectivity index (χ0n) is 13.9. The van der Waals surface area contributed by atoms with Gasteiger partial charge in [0.25, 0.3) is 16.8 Å². The standard InChI is InChI=1S/C19H13N3O4S/c23-18-17(27-19(24)21-18)15(10-11-4-6-12(7-5-11)22(25)26)13-2-1-3-16-14(13)8-9-20-16/h1-9,20H,10H2,(H,21,23,24). The highest BCUT2D eigenvalue weighted by molar-refractivity contribution is 8.18. The van der Waals surface area contributed by atoms with Gasteiger partial charge in [0.15, 0.2) is 0 Å². The summed E-state index contributed by atoms with van der Waals surface area (Å²) < 4.78 is 0. The lowest BCUT2D eigenvalue weighted by Crippen LogP contribution is -2.18. The van der Waals surface area contributed by atoms with Crippen molar-refractivity contribution in [2.45, 2.75) is 6.42 Å². The molecule has 0 unspecified atom stereocenters. The van der Waals surface area contributed by atoms with Gasteiger partial charge in [0.05, 0.1) is 9.83 Å². The smallest absolute Gasteiger partial charge is 0.290 e. The number of non-ortho nitro benzene ring substituents is 1. The van der Waals surface area contributed by atoms with Crippen LogP contribution in [-0.2, 0) is 11.2 Å². The summed E-state index contributed by atoms with van der Waals surface area (Å²) in [5, 5.41) is 13.7. The van der Waals surface area contributed by atoms with Crippen LogP contribution in [0.5, 0.6) is 0 Å². The number of benzene rings is 2. The molecule has 1 saturated heterocycles. The third kappa shape index (κ3) is 3.22. The molecule has 0 spiro atoms. The molecule has 0 bridgehead atoms. The summed E-state index contributed by atoms with van der Waals surface area (Å²) >= 11 is 0.877. The predicted octanol–water partition coefficient (Wildman–Crippen LogP) is 4.01. The minimum Gasteiger partial charge on any atom is -0.361 e. The van der Waals surface area contributed by atoms with Crippen molar-refractivity contribution in [1.82, 2.24) is 10.3 Å². The highest BCUT2D eigenvalue weighted by Gasteiger charge is 2.29. The summed E-state index contributed by atoms with van der Waals surface area (Å²) in [6, 6.07) is 13.8. The van der Waals surface area contributed by atoms with Gasteiger partial charge in [-0.05, 0) is 47.0 Å². The van der Waals surface area contributed by atoms with Crippen molar-refractivity contribution in [3.8, 4) is 0 Å². The van der Waals surface area contributed by atoms with Crippen molar-refractivity contribution in [2.75, 3.05) is 0 Å². The van der Waals surface area contributed by atoms with E-state index in [4.69, 9.17) is 0 Å². The minimum atomic E-state index is -0.456. The lowest BCUT2D eigenvalue weighted by molar-refractivity contribution is -0.384. The fraction of sp³-hybridized carbons (Fsp3) is 0.0526. The normalized spacial score (nSPS) is 15.9. The summed E-state index contributed by atoms with van der Waals surface area (Å²) in [5.74, 6) is -0.422. The summed E-state index contributed by atoms with van der Waals surface area (Å²) in [7, 11) is 0. The van der Waals surface area contributed by atoms with Crippen LogP contribution >= 0.6 is 11.8 Å². The second-order valence-electron chi connectivity index (χ2n) is 6.00. The summed E-state index contributed by atoms with van der Waals surface area (Å²) in [4.78, 5) is 37.9. The van der Waals surface area contributed by atoms with Crippen LogP contribution in [0.25, 0.3) is 16.5 Å². The minimum absolute atomic E-state index is 0.00357. The Hall–Kier alpha value is -3.39. The third-order valence-electron chi connectivity index (χ3n) is 4.34. The molecule has 2 amide bonds. The van der Waals surface area contributed by atoms with Crippen LogP contribution in [0.2, 0.25) is 0 Å². The first-order chi connectivity index (χ1) is 13.0. The maximum atomic E-state index is 12.3. The van der Waals surface area contributed by atoms with Crippen molar-refractivity contribution < 1.29 is 14.5 Å². The zero-order chi connectivity index (χ0) is 19.0. The number of allylic oxidation sites excluding steroid dienone is 1. The SMILES string of the molecule is O=C1NC(=O)C(=C(Cc2ccc([N+](=O)[O-])cc2)c2cccc3[nH]ccc23)S1. The zero-order valence-corrected chi connectivity index (χ0v) is 14.7. The van der Waals surface area contributed by atoms with Gasteiger partial charge in [-0.25, -0.2) is 0 Å². The van der Waals surface area contributed by atoms with Gasteiger partial charge >= 0.3 is 0 Å². The van der Waals surface area contributed by atoms with Crippen LogP contribution < -0.4 is 5.32 Å². The number of nitro benzene ring substituents is 1. The van der Waals surface area contributed by atoms with Gasteiger partial charge in [-0.15, -0.1) is 0 Å². The molecule has 0 atom stereocenters. The summed E-state index contributed by atoms with van der Waals surface area (Å²) in [6.45, 7) is 0. The second-order valence-corrected chi connectivity index (χ2v) is 6.98. The molecular weight excluding hydrogens is 366 g/mol. The molecule has 2 heterocycles. The number of hydrogen-bond donors (Lipinski definition) is 2. The fourth-order valence-corrected chi connectivity index (χ4v) is 3.88. The Morgan fingerprint density at radius 3 is 2.52 bits per heavy atom. The van der Waals surface area contributed by atoms with E-state index < -0.39 is 16.1 Å². The first-order valence-electron chi connectivity index (χ1n) is 8.09. The van der Waals surface area contributed by atoms with E-state index in [1.54, 1.807) is 12.1 Å². The Balaban J connectivity index is 1.83. The number of thioether (sulfide) groups is 1. The fourth-order valence-electron chi connectivity index (χ4n) is 3.10. The van der Waals surface area contributed by atoms with Crippen molar-refractivity contribution >= 4 is 45.1 Å². The van der Waals surface area contributed by atoms with Crippen LogP contribution in [0.3, 0.4) is 0 Å². The largest absolute Gasteiger partial charge is 0.361 e. The number of nitro groups is 1. The van der Waals surface area contributed by atoms with Crippen molar-refractivity contribution in [1.29, 1.82) is 0 Å².